The Balaban J connectivity index is 2.72. The van der Waals surface area contributed by atoms with E-state index in [0.717, 1.165) is 6.07 Å². The number of nitrogen functional groups attached to an aromatic ring is 1. The van der Waals surface area contributed by atoms with E-state index in [-0.39, 0.29) is 17.7 Å². The molecule has 0 fully saturated rings. The fourth-order valence-corrected chi connectivity index (χ4v) is 0.833. The average molecular weight is 255 g/mol. The van der Waals surface area contributed by atoms with Crippen LogP contribution >= 0.6 is 0 Å². The van der Waals surface area contributed by atoms with E-state index in [1.165, 1.54) is 7.11 Å². The van der Waals surface area contributed by atoms with Crippen LogP contribution in [0.25, 0.3) is 0 Å². The molecule has 96 valence electrons. The van der Waals surface area contributed by atoms with E-state index in [4.69, 9.17) is 5.73 Å². The topological polar surface area (TPSA) is 70.3 Å². The quantitative estimate of drug-likeness (QED) is 0.804. The summed E-state index contributed by atoms with van der Waals surface area (Å²) in [6.45, 7) is -1.51. The van der Waals surface area contributed by atoms with Crippen LogP contribution in [0.4, 0.5) is 23.5 Å². The molecule has 1 aromatic heterocycles. The Morgan fingerprint density at radius 2 is 1.94 bits per heavy atom. The summed E-state index contributed by atoms with van der Waals surface area (Å²) in [7, 11) is 1.26. The lowest BCUT2D eigenvalue weighted by Gasteiger charge is -2.15. The predicted octanol–water partition coefficient (Wildman–Crippen LogP) is 1.35. The number of methoxy groups -OCH3 is 1. The standard InChI is InChI=1S/C8H9F4N3O2/c1-16-4-2-5(15-7(13)14-4)17-3-8(11,12)6(9)10/h2,6H,3H2,1H3,(H2,13,14,15). The first-order chi connectivity index (χ1) is 7.85. The first-order valence-corrected chi connectivity index (χ1v) is 4.32. The van der Waals surface area contributed by atoms with Gasteiger partial charge in [0.05, 0.1) is 13.2 Å². The van der Waals surface area contributed by atoms with Crippen molar-refractivity contribution in [1.82, 2.24) is 9.97 Å². The number of hydrogen-bond donors (Lipinski definition) is 1. The van der Waals surface area contributed by atoms with E-state index >= 15 is 0 Å². The minimum absolute atomic E-state index is 0.0205. The molecule has 0 radical (unpaired) electrons. The van der Waals surface area contributed by atoms with Gasteiger partial charge < -0.3 is 15.2 Å². The maximum Gasteiger partial charge on any atom is 0.340 e. The van der Waals surface area contributed by atoms with Crippen molar-refractivity contribution in [2.24, 2.45) is 0 Å². The maximum atomic E-state index is 12.5. The third-order valence-electron chi connectivity index (χ3n) is 1.64. The van der Waals surface area contributed by atoms with Crippen molar-refractivity contribution in [3.63, 3.8) is 0 Å². The van der Waals surface area contributed by atoms with Gasteiger partial charge in [0.15, 0.2) is 6.61 Å². The molecule has 0 saturated carbocycles. The largest absolute Gasteiger partial charge is 0.481 e. The Hall–Kier alpha value is -1.80. The number of halogens is 4. The van der Waals surface area contributed by atoms with Gasteiger partial charge in [-0.1, -0.05) is 0 Å². The van der Waals surface area contributed by atoms with Crippen molar-refractivity contribution < 1.29 is 27.0 Å². The lowest BCUT2D eigenvalue weighted by Crippen LogP contribution is -2.33. The maximum absolute atomic E-state index is 12.5. The summed E-state index contributed by atoms with van der Waals surface area (Å²) in [5, 5.41) is 0. The molecule has 0 saturated heterocycles. The highest BCUT2D eigenvalue weighted by molar-refractivity contribution is 5.29. The van der Waals surface area contributed by atoms with Gasteiger partial charge in [-0.25, -0.2) is 8.78 Å². The van der Waals surface area contributed by atoms with Gasteiger partial charge in [-0.3, -0.25) is 0 Å². The second-order valence-electron chi connectivity index (χ2n) is 2.96. The minimum Gasteiger partial charge on any atom is -0.481 e. The Labute approximate surface area is 93.6 Å². The zero-order chi connectivity index (χ0) is 13.1. The fourth-order valence-electron chi connectivity index (χ4n) is 0.833. The molecule has 0 unspecified atom stereocenters. The van der Waals surface area contributed by atoms with Crippen molar-refractivity contribution >= 4 is 5.95 Å². The van der Waals surface area contributed by atoms with Crippen molar-refractivity contribution in [2.45, 2.75) is 12.3 Å². The molecule has 0 amide bonds. The third-order valence-corrected chi connectivity index (χ3v) is 1.64. The van der Waals surface area contributed by atoms with E-state index < -0.39 is 19.0 Å². The third kappa shape index (κ3) is 3.61. The van der Waals surface area contributed by atoms with Crippen LogP contribution in [-0.2, 0) is 0 Å². The molecule has 5 nitrogen and oxygen atoms in total. The molecule has 17 heavy (non-hydrogen) atoms. The van der Waals surface area contributed by atoms with Gasteiger partial charge in [0.1, 0.15) is 0 Å². The van der Waals surface area contributed by atoms with Gasteiger partial charge in [0.25, 0.3) is 0 Å². The molecule has 0 aliphatic carbocycles. The normalized spacial score (nSPS) is 11.6. The highest BCUT2D eigenvalue weighted by atomic mass is 19.3. The molecule has 2 N–H and O–H groups in total. The number of ether oxygens (including phenoxy) is 2. The summed E-state index contributed by atoms with van der Waals surface area (Å²) in [5.41, 5.74) is 5.22. The van der Waals surface area contributed by atoms with Crippen LogP contribution in [0.3, 0.4) is 0 Å². The number of rotatable bonds is 5. The molecule has 1 heterocycles. The molecular weight excluding hydrogens is 246 g/mol. The first-order valence-electron chi connectivity index (χ1n) is 4.32. The molecule has 0 aliphatic heterocycles. The van der Waals surface area contributed by atoms with Crippen LogP contribution in [0.2, 0.25) is 0 Å². The molecular formula is C8H9F4N3O2. The predicted molar refractivity (Wildman–Crippen MR) is 49.4 cm³/mol. The summed E-state index contributed by atoms with van der Waals surface area (Å²) in [6, 6.07) is 1.05. The molecule has 0 spiro atoms. The minimum atomic E-state index is -4.26. The number of anilines is 1. The second-order valence-corrected chi connectivity index (χ2v) is 2.96. The van der Waals surface area contributed by atoms with Crippen LogP contribution < -0.4 is 15.2 Å². The van der Waals surface area contributed by atoms with Gasteiger partial charge in [-0.05, 0) is 0 Å². The summed E-state index contributed by atoms with van der Waals surface area (Å²) in [5.74, 6) is -4.92. The zero-order valence-electron chi connectivity index (χ0n) is 8.66. The number of nitrogens with two attached hydrogens (primary N) is 1. The summed E-state index contributed by atoms with van der Waals surface area (Å²) in [6.07, 6.45) is -3.82. The smallest absolute Gasteiger partial charge is 0.340 e. The van der Waals surface area contributed by atoms with Crippen molar-refractivity contribution in [2.75, 3.05) is 19.5 Å². The van der Waals surface area contributed by atoms with Crippen LogP contribution in [0.15, 0.2) is 6.07 Å². The van der Waals surface area contributed by atoms with Gasteiger partial charge in [-0.2, -0.15) is 18.7 Å². The molecule has 0 atom stereocenters. The highest BCUT2D eigenvalue weighted by Crippen LogP contribution is 2.24. The van der Waals surface area contributed by atoms with Crippen molar-refractivity contribution in [1.29, 1.82) is 0 Å². The Morgan fingerprint density at radius 3 is 2.47 bits per heavy atom. The van der Waals surface area contributed by atoms with Crippen LogP contribution in [0.1, 0.15) is 0 Å². The Morgan fingerprint density at radius 1 is 1.35 bits per heavy atom. The van der Waals surface area contributed by atoms with Gasteiger partial charge in [-0.15, -0.1) is 0 Å². The van der Waals surface area contributed by atoms with E-state index in [2.05, 4.69) is 19.4 Å². The second kappa shape index (κ2) is 5.02. The Kier molecular flexibility index (Phi) is 3.92. The Bertz CT molecular complexity index is 389. The number of hydrogen-bond acceptors (Lipinski definition) is 5. The zero-order valence-corrected chi connectivity index (χ0v) is 8.66. The van der Waals surface area contributed by atoms with E-state index in [1.807, 2.05) is 0 Å². The first kappa shape index (κ1) is 13.3. The summed E-state index contributed by atoms with van der Waals surface area (Å²) in [4.78, 5) is 6.99. The molecule has 1 rings (SSSR count). The fraction of sp³-hybridized carbons (Fsp3) is 0.500. The molecule has 0 aliphatic rings. The van der Waals surface area contributed by atoms with Gasteiger partial charge in [0.2, 0.25) is 17.7 Å². The lowest BCUT2D eigenvalue weighted by molar-refractivity contribution is -0.148. The summed E-state index contributed by atoms with van der Waals surface area (Å²) < 4.78 is 57.8. The van der Waals surface area contributed by atoms with Gasteiger partial charge >= 0.3 is 12.3 Å². The van der Waals surface area contributed by atoms with Crippen molar-refractivity contribution in [3.8, 4) is 11.8 Å². The SMILES string of the molecule is COc1cc(OCC(F)(F)C(F)F)nc(N)n1. The lowest BCUT2D eigenvalue weighted by atomic mass is 10.4. The average Bonchev–Trinajstić information content (AvgIpc) is 2.25. The van der Waals surface area contributed by atoms with E-state index in [1.54, 1.807) is 0 Å². The molecule has 0 bridgehead atoms. The molecule has 1 aromatic rings. The molecule has 0 aromatic carbocycles. The van der Waals surface area contributed by atoms with Crippen LogP contribution in [0, 0.1) is 0 Å². The number of alkyl halides is 4. The van der Waals surface area contributed by atoms with E-state index in [9.17, 15) is 17.6 Å². The monoisotopic (exact) mass is 255 g/mol. The number of nitrogens with zero attached hydrogens (tertiary/aromatic N) is 2. The summed E-state index contributed by atoms with van der Waals surface area (Å²) >= 11 is 0. The van der Waals surface area contributed by atoms with Gasteiger partial charge in [0, 0.05) is 0 Å². The van der Waals surface area contributed by atoms with Crippen LogP contribution in [0.5, 0.6) is 11.8 Å². The molecule has 9 heteroatoms. The van der Waals surface area contributed by atoms with Crippen LogP contribution in [-0.4, -0.2) is 36.0 Å². The number of aromatic nitrogens is 2. The van der Waals surface area contributed by atoms with E-state index in [0.29, 0.717) is 0 Å². The van der Waals surface area contributed by atoms with Crippen molar-refractivity contribution in [3.05, 3.63) is 6.07 Å². The highest BCUT2D eigenvalue weighted by Gasteiger charge is 2.41.